The summed E-state index contributed by atoms with van der Waals surface area (Å²) in [4.78, 5) is 10.4. The third kappa shape index (κ3) is 3.79. The maximum atomic E-state index is 10.9. The smallest absolute Gasteiger partial charge is 0.312 e. The molecule has 0 fully saturated rings. The number of terminal acetylenes is 1. The maximum Gasteiger partial charge on any atom is 0.312 e. The average molecular weight is 280 g/mol. The van der Waals surface area contributed by atoms with E-state index in [1.165, 1.54) is 4.68 Å². The van der Waals surface area contributed by atoms with E-state index in [2.05, 4.69) is 16.3 Å². The van der Waals surface area contributed by atoms with Crippen molar-refractivity contribution in [1.29, 1.82) is 0 Å². The molecule has 20 heavy (non-hydrogen) atoms. The lowest BCUT2D eigenvalue weighted by atomic mass is 10.1. The van der Waals surface area contributed by atoms with Gasteiger partial charge in [0.1, 0.15) is 11.4 Å². The Morgan fingerprint density at radius 1 is 1.60 bits per heavy atom. The first-order chi connectivity index (χ1) is 9.18. The van der Waals surface area contributed by atoms with Gasteiger partial charge in [-0.1, -0.05) is 5.92 Å². The molecule has 1 aromatic heterocycles. The van der Waals surface area contributed by atoms with Gasteiger partial charge in [-0.2, -0.15) is 5.10 Å². The molecular weight excluding hydrogens is 260 g/mol. The maximum absolute atomic E-state index is 10.9. The molecule has 0 amide bonds. The van der Waals surface area contributed by atoms with Gasteiger partial charge in [0.05, 0.1) is 23.1 Å². The lowest BCUT2D eigenvalue weighted by Gasteiger charge is -2.22. The number of nitrogens with zero attached hydrogens (tertiary/aromatic N) is 3. The Morgan fingerprint density at radius 2 is 2.20 bits per heavy atom. The Kier molecular flexibility index (Phi) is 4.87. The molecule has 0 spiro atoms. The van der Waals surface area contributed by atoms with Crippen molar-refractivity contribution < 1.29 is 10.0 Å². The zero-order valence-electron chi connectivity index (χ0n) is 12.2. The predicted octanol–water partition coefficient (Wildman–Crippen LogP) is 0.770. The number of hydrogen-bond acceptors (Lipinski definition) is 5. The van der Waals surface area contributed by atoms with Crippen molar-refractivity contribution in [3.63, 3.8) is 0 Å². The molecular formula is C13H20N4O3. The Labute approximate surface area is 118 Å². The molecule has 1 rings (SSSR count). The first-order valence-corrected chi connectivity index (χ1v) is 6.27. The van der Waals surface area contributed by atoms with Crippen LogP contribution >= 0.6 is 0 Å². The van der Waals surface area contributed by atoms with Crippen LogP contribution in [0.1, 0.15) is 25.2 Å². The van der Waals surface area contributed by atoms with E-state index in [0.29, 0.717) is 11.4 Å². The number of hydrogen-bond donors (Lipinski definition) is 2. The highest BCUT2D eigenvalue weighted by Crippen LogP contribution is 2.21. The SMILES string of the molecule is C#CC(C)(C)NCC(O)Cn1nc(C)c([N+](=O)[O-])c1C. The third-order valence-corrected chi connectivity index (χ3v) is 3.05. The van der Waals surface area contributed by atoms with Crippen molar-refractivity contribution in [2.24, 2.45) is 0 Å². The van der Waals surface area contributed by atoms with Crippen molar-refractivity contribution in [3.05, 3.63) is 21.5 Å². The van der Waals surface area contributed by atoms with Crippen LogP contribution in [0.4, 0.5) is 5.69 Å². The summed E-state index contributed by atoms with van der Waals surface area (Å²) in [5, 5.41) is 28.0. The van der Waals surface area contributed by atoms with Crippen molar-refractivity contribution in [2.45, 2.75) is 45.9 Å². The molecule has 1 aromatic rings. The van der Waals surface area contributed by atoms with Crippen LogP contribution in [0.3, 0.4) is 0 Å². The van der Waals surface area contributed by atoms with Crippen LogP contribution in [0.5, 0.6) is 0 Å². The number of β-amino-alcohol motifs (C(OH)–C–C–N with tert-alkyl or cyclic N) is 1. The Bertz CT molecular complexity index is 543. The van der Waals surface area contributed by atoms with Gasteiger partial charge in [-0.15, -0.1) is 6.42 Å². The molecule has 7 heteroatoms. The highest BCUT2D eigenvalue weighted by molar-refractivity contribution is 5.39. The molecule has 7 nitrogen and oxygen atoms in total. The summed E-state index contributed by atoms with van der Waals surface area (Å²) in [6.45, 7) is 7.30. The molecule has 0 radical (unpaired) electrons. The topological polar surface area (TPSA) is 93.2 Å². The number of aliphatic hydroxyl groups excluding tert-OH is 1. The third-order valence-electron chi connectivity index (χ3n) is 3.05. The fraction of sp³-hybridized carbons (Fsp3) is 0.615. The summed E-state index contributed by atoms with van der Waals surface area (Å²) in [7, 11) is 0. The minimum absolute atomic E-state index is 0.00545. The fourth-order valence-corrected chi connectivity index (χ4v) is 1.82. The van der Waals surface area contributed by atoms with Gasteiger partial charge >= 0.3 is 5.69 Å². The number of nitro groups is 1. The van der Waals surface area contributed by atoms with Crippen molar-refractivity contribution in [3.8, 4) is 12.3 Å². The zero-order valence-corrected chi connectivity index (χ0v) is 12.2. The summed E-state index contributed by atoms with van der Waals surface area (Å²) in [5.74, 6) is 2.57. The zero-order chi connectivity index (χ0) is 15.5. The molecule has 1 heterocycles. The van der Waals surface area contributed by atoms with E-state index in [4.69, 9.17) is 6.42 Å². The van der Waals surface area contributed by atoms with Gasteiger partial charge in [-0.3, -0.25) is 20.1 Å². The van der Waals surface area contributed by atoms with Gasteiger partial charge in [0.25, 0.3) is 0 Å². The minimum Gasteiger partial charge on any atom is -0.390 e. The molecule has 0 saturated carbocycles. The van der Waals surface area contributed by atoms with Crippen LogP contribution in [-0.4, -0.2) is 38.0 Å². The second-order valence-electron chi connectivity index (χ2n) is 5.26. The van der Waals surface area contributed by atoms with Crippen LogP contribution in [0.15, 0.2) is 0 Å². The van der Waals surface area contributed by atoms with Crippen LogP contribution < -0.4 is 5.32 Å². The summed E-state index contributed by atoms with van der Waals surface area (Å²) in [5.41, 5.74) is 0.260. The van der Waals surface area contributed by atoms with Crippen molar-refractivity contribution in [2.75, 3.05) is 6.54 Å². The van der Waals surface area contributed by atoms with E-state index < -0.39 is 16.6 Å². The largest absolute Gasteiger partial charge is 0.390 e. The quantitative estimate of drug-likeness (QED) is 0.456. The predicted molar refractivity (Wildman–Crippen MR) is 75.3 cm³/mol. The van der Waals surface area contributed by atoms with Crippen molar-refractivity contribution in [1.82, 2.24) is 15.1 Å². The standard InChI is InChI=1S/C13H20N4O3/c1-6-13(4,5)14-7-11(18)8-16-10(3)12(17(19)20)9(2)15-16/h1,11,14,18H,7-8H2,2-5H3. The van der Waals surface area contributed by atoms with Gasteiger partial charge < -0.3 is 5.11 Å². The van der Waals surface area contributed by atoms with Crippen LogP contribution in [0.2, 0.25) is 0 Å². The molecule has 0 aliphatic rings. The highest BCUT2D eigenvalue weighted by Gasteiger charge is 2.23. The molecule has 1 atom stereocenters. The molecule has 2 N–H and O–H groups in total. The van der Waals surface area contributed by atoms with Crippen LogP contribution in [0, 0.1) is 36.3 Å². The lowest BCUT2D eigenvalue weighted by Crippen LogP contribution is -2.43. The lowest BCUT2D eigenvalue weighted by molar-refractivity contribution is -0.386. The molecule has 1 unspecified atom stereocenters. The first kappa shape index (κ1) is 16.1. The van der Waals surface area contributed by atoms with Gasteiger partial charge in [-0.05, 0) is 27.7 Å². The second-order valence-corrected chi connectivity index (χ2v) is 5.26. The molecule has 0 saturated heterocycles. The van der Waals surface area contributed by atoms with Crippen LogP contribution in [-0.2, 0) is 6.54 Å². The fourth-order valence-electron chi connectivity index (χ4n) is 1.82. The van der Waals surface area contributed by atoms with Gasteiger partial charge in [-0.25, -0.2) is 0 Å². The molecule has 0 aromatic carbocycles. The summed E-state index contributed by atoms with van der Waals surface area (Å²) >= 11 is 0. The van der Waals surface area contributed by atoms with Gasteiger partial charge in [0.2, 0.25) is 0 Å². The molecule has 0 aliphatic carbocycles. The normalized spacial score (nSPS) is 13.0. The Balaban J connectivity index is 2.73. The number of aryl methyl sites for hydroxylation is 1. The van der Waals surface area contributed by atoms with E-state index in [9.17, 15) is 15.2 Å². The monoisotopic (exact) mass is 280 g/mol. The first-order valence-electron chi connectivity index (χ1n) is 6.27. The summed E-state index contributed by atoms with van der Waals surface area (Å²) in [6, 6.07) is 0. The van der Waals surface area contributed by atoms with E-state index in [1.807, 2.05) is 13.8 Å². The minimum atomic E-state index is -0.736. The number of aromatic nitrogens is 2. The van der Waals surface area contributed by atoms with E-state index >= 15 is 0 Å². The van der Waals surface area contributed by atoms with Gasteiger partial charge in [0.15, 0.2) is 0 Å². The summed E-state index contributed by atoms with van der Waals surface area (Å²) < 4.78 is 1.45. The summed E-state index contributed by atoms with van der Waals surface area (Å²) in [6.07, 6.45) is 4.60. The van der Waals surface area contributed by atoms with Crippen molar-refractivity contribution >= 4 is 5.69 Å². The van der Waals surface area contributed by atoms with Crippen LogP contribution in [0.25, 0.3) is 0 Å². The van der Waals surface area contributed by atoms with Gasteiger partial charge in [0, 0.05) is 6.54 Å². The molecule has 0 bridgehead atoms. The number of nitrogens with one attached hydrogen (secondary N) is 1. The Hall–Kier alpha value is -1.91. The Morgan fingerprint density at radius 3 is 2.65 bits per heavy atom. The molecule has 0 aliphatic heterocycles. The number of aliphatic hydroxyl groups is 1. The van der Waals surface area contributed by atoms with E-state index in [0.717, 1.165) is 0 Å². The average Bonchev–Trinajstić information content (AvgIpc) is 2.62. The number of rotatable bonds is 6. The van der Waals surface area contributed by atoms with E-state index in [-0.39, 0.29) is 18.8 Å². The molecule has 110 valence electrons. The second kappa shape index (κ2) is 6.03. The van der Waals surface area contributed by atoms with E-state index in [1.54, 1.807) is 13.8 Å². The highest BCUT2D eigenvalue weighted by atomic mass is 16.6.